The fourth-order valence-electron chi connectivity index (χ4n) is 1.86. The van der Waals surface area contributed by atoms with E-state index in [1.165, 1.54) is 0 Å². The zero-order valence-electron chi connectivity index (χ0n) is 11.8. The molecule has 0 atom stereocenters. The third-order valence-corrected chi connectivity index (χ3v) is 5.36. The van der Waals surface area contributed by atoms with Gasteiger partial charge in [-0.2, -0.15) is 0 Å². The van der Waals surface area contributed by atoms with Gasteiger partial charge in [-0.3, -0.25) is 0 Å². The van der Waals surface area contributed by atoms with Crippen LogP contribution >= 0.6 is 15.9 Å². The first-order valence-electron chi connectivity index (χ1n) is 6.31. The van der Waals surface area contributed by atoms with Gasteiger partial charge in [0, 0.05) is 11.0 Å². The van der Waals surface area contributed by atoms with Gasteiger partial charge in [-0.25, -0.2) is 13.1 Å². The van der Waals surface area contributed by atoms with Crippen LogP contribution in [0.25, 0.3) is 0 Å². The highest BCUT2D eigenvalue weighted by molar-refractivity contribution is 9.10. The van der Waals surface area contributed by atoms with E-state index in [0.717, 1.165) is 11.1 Å². The van der Waals surface area contributed by atoms with Gasteiger partial charge in [0.1, 0.15) is 5.75 Å². The maximum Gasteiger partial charge on any atom is 0.241 e. The molecule has 0 aromatic heterocycles. The summed E-state index contributed by atoms with van der Waals surface area (Å²) in [4.78, 5) is 0.232. The van der Waals surface area contributed by atoms with Gasteiger partial charge in [-0.15, -0.1) is 0 Å². The molecule has 0 aliphatic heterocycles. The predicted octanol–water partition coefficient (Wildman–Crippen LogP) is 3.24. The van der Waals surface area contributed by atoms with Gasteiger partial charge in [-0.1, -0.05) is 18.2 Å². The number of hydrogen-bond donors (Lipinski definition) is 1. The highest BCUT2D eigenvalue weighted by atomic mass is 79.9. The molecule has 0 spiro atoms. The molecule has 1 N–H and O–H groups in total. The largest absolute Gasteiger partial charge is 0.497 e. The van der Waals surface area contributed by atoms with E-state index in [1.54, 1.807) is 31.4 Å². The molecule has 21 heavy (non-hydrogen) atoms. The van der Waals surface area contributed by atoms with Crippen LogP contribution in [-0.4, -0.2) is 15.5 Å². The average molecular weight is 370 g/mol. The molecule has 0 heterocycles. The van der Waals surface area contributed by atoms with Gasteiger partial charge >= 0.3 is 0 Å². The molecule has 0 fully saturated rings. The second-order valence-corrected chi connectivity index (χ2v) is 7.20. The first kappa shape index (κ1) is 16.0. The van der Waals surface area contributed by atoms with Crippen LogP contribution in [-0.2, 0) is 16.6 Å². The summed E-state index contributed by atoms with van der Waals surface area (Å²) in [5.41, 5.74) is 1.83. The van der Waals surface area contributed by atoms with Crippen LogP contribution in [0.15, 0.2) is 51.8 Å². The summed E-state index contributed by atoms with van der Waals surface area (Å²) in [5.74, 6) is 0.697. The number of rotatable bonds is 5. The molecule has 0 unspecified atom stereocenters. The summed E-state index contributed by atoms with van der Waals surface area (Å²) in [6.07, 6.45) is 0. The van der Waals surface area contributed by atoms with Gasteiger partial charge in [0.15, 0.2) is 0 Å². The molecule has 0 aliphatic rings. The Morgan fingerprint density at radius 2 is 1.95 bits per heavy atom. The molecule has 2 aromatic rings. The molecular formula is C15H16BrNO3S. The quantitative estimate of drug-likeness (QED) is 0.879. The SMILES string of the molecule is COc1cccc(CNS(=O)(=O)c2ccc(C)cc2Br)c1. The van der Waals surface area contributed by atoms with Crippen molar-refractivity contribution in [1.29, 1.82) is 0 Å². The van der Waals surface area contributed by atoms with Crippen molar-refractivity contribution in [1.82, 2.24) is 4.72 Å². The van der Waals surface area contributed by atoms with E-state index in [9.17, 15) is 8.42 Å². The maximum atomic E-state index is 12.3. The van der Waals surface area contributed by atoms with E-state index >= 15 is 0 Å². The van der Waals surface area contributed by atoms with Crippen molar-refractivity contribution in [3.8, 4) is 5.75 Å². The van der Waals surface area contributed by atoms with Gasteiger partial charge in [0.2, 0.25) is 10.0 Å². The van der Waals surface area contributed by atoms with Crippen molar-refractivity contribution in [3.05, 3.63) is 58.1 Å². The second-order valence-electron chi connectivity index (χ2n) is 4.61. The summed E-state index contributed by atoms with van der Waals surface area (Å²) in [5, 5.41) is 0. The predicted molar refractivity (Wildman–Crippen MR) is 85.9 cm³/mol. The van der Waals surface area contributed by atoms with Crippen LogP contribution in [0.2, 0.25) is 0 Å². The molecular weight excluding hydrogens is 354 g/mol. The fraction of sp³-hybridized carbons (Fsp3) is 0.200. The standard InChI is InChI=1S/C15H16BrNO3S/c1-11-6-7-15(14(16)8-11)21(18,19)17-10-12-4-3-5-13(9-12)20-2/h3-9,17H,10H2,1-2H3. The van der Waals surface area contributed by atoms with E-state index in [0.29, 0.717) is 10.2 Å². The lowest BCUT2D eigenvalue weighted by molar-refractivity contribution is 0.414. The Morgan fingerprint density at radius 1 is 1.19 bits per heavy atom. The molecule has 0 amide bonds. The Hall–Kier alpha value is -1.37. The van der Waals surface area contributed by atoms with Gasteiger partial charge < -0.3 is 4.74 Å². The van der Waals surface area contributed by atoms with Gasteiger partial charge in [-0.05, 0) is 58.2 Å². The molecule has 0 saturated carbocycles. The molecule has 2 rings (SSSR count). The van der Waals surface area contributed by atoms with Crippen molar-refractivity contribution in [2.45, 2.75) is 18.4 Å². The normalized spacial score (nSPS) is 11.4. The van der Waals surface area contributed by atoms with Crippen LogP contribution in [0.3, 0.4) is 0 Å². The van der Waals surface area contributed by atoms with Crippen LogP contribution in [0.5, 0.6) is 5.75 Å². The Labute approximate surface area is 133 Å². The van der Waals surface area contributed by atoms with Crippen LogP contribution in [0.4, 0.5) is 0 Å². The fourth-order valence-corrected chi connectivity index (χ4v) is 4.07. The minimum atomic E-state index is -3.56. The lowest BCUT2D eigenvalue weighted by atomic mass is 10.2. The molecule has 4 nitrogen and oxygen atoms in total. The Morgan fingerprint density at radius 3 is 2.62 bits per heavy atom. The first-order valence-corrected chi connectivity index (χ1v) is 8.59. The number of sulfonamides is 1. The van der Waals surface area contributed by atoms with E-state index < -0.39 is 10.0 Å². The highest BCUT2D eigenvalue weighted by Gasteiger charge is 2.17. The number of ether oxygens (including phenoxy) is 1. The highest BCUT2D eigenvalue weighted by Crippen LogP contribution is 2.23. The third-order valence-electron chi connectivity index (χ3n) is 2.98. The van der Waals surface area contributed by atoms with Gasteiger partial charge in [0.05, 0.1) is 12.0 Å². The van der Waals surface area contributed by atoms with E-state index in [2.05, 4.69) is 20.7 Å². The number of methoxy groups -OCH3 is 1. The van der Waals surface area contributed by atoms with Crippen LogP contribution < -0.4 is 9.46 Å². The van der Waals surface area contributed by atoms with E-state index in [-0.39, 0.29) is 11.4 Å². The number of aryl methyl sites for hydroxylation is 1. The molecule has 0 aliphatic carbocycles. The summed E-state index contributed by atoms with van der Waals surface area (Å²) < 4.78 is 32.9. The average Bonchev–Trinajstić information content (AvgIpc) is 2.45. The molecule has 0 saturated heterocycles. The van der Waals surface area contributed by atoms with E-state index in [4.69, 9.17) is 4.74 Å². The first-order chi connectivity index (χ1) is 9.92. The molecule has 0 radical (unpaired) electrons. The summed E-state index contributed by atoms with van der Waals surface area (Å²) in [7, 11) is -1.99. The monoisotopic (exact) mass is 369 g/mol. The second kappa shape index (κ2) is 6.60. The number of hydrogen-bond acceptors (Lipinski definition) is 3. The lowest BCUT2D eigenvalue weighted by Crippen LogP contribution is -2.23. The van der Waals surface area contributed by atoms with Crippen LogP contribution in [0.1, 0.15) is 11.1 Å². The molecule has 6 heteroatoms. The Balaban J connectivity index is 2.17. The Bertz CT molecular complexity index is 744. The number of nitrogens with one attached hydrogen (secondary N) is 1. The molecule has 112 valence electrons. The minimum Gasteiger partial charge on any atom is -0.497 e. The summed E-state index contributed by atoms with van der Waals surface area (Å²) in [6, 6.07) is 12.4. The smallest absolute Gasteiger partial charge is 0.241 e. The van der Waals surface area contributed by atoms with Crippen molar-refractivity contribution in [2.24, 2.45) is 0 Å². The van der Waals surface area contributed by atoms with Crippen molar-refractivity contribution < 1.29 is 13.2 Å². The summed E-state index contributed by atoms with van der Waals surface area (Å²) >= 11 is 3.29. The number of halogens is 1. The Kier molecular flexibility index (Phi) is 5.03. The van der Waals surface area contributed by atoms with Gasteiger partial charge in [0.25, 0.3) is 0 Å². The van der Waals surface area contributed by atoms with E-state index in [1.807, 2.05) is 25.1 Å². The minimum absolute atomic E-state index is 0.208. The zero-order chi connectivity index (χ0) is 15.5. The maximum absolute atomic E-state index is 12.3. The molecule has 2 aromatic carbocycles. The van der Waals surface area contributed by atoms with Crippen LogP contribution in [0, 0.1) is 6.92 Å². The third kappa shape index (κ3) is 4.06. The zero-order valence-corrected chi connectivity index (χ0v) is 14.2. The van der Waals surface area contributed by atoms with Crippen molar-refractivity contribution in [3.63, 3.8) is 0 Å². The lowest BCUT2D eigenvalue weighted by Gasteiger charge is -2.10. The summed E-state index contributed by atoms with van der Waals surface area (Å²) in [6.45, 7) is 2.12. The topological polar surface area (TPSA) is 55.4 Å². The van der Waals surface area contributed by atoms with Crippen molar-refractivity contribution in [2.75, 3.05) is 7.11 Å². The van der Waals surface area contributed by atoms with Crippen molar-refractivity contribution >= 4 is 26.0 Å². The molecule has 0 bridgehead atoms. The number of benzene rings is 2.